The lowest BCUT2D eigenvalue weighted by Gasteiger charge is -2.17. The first kappa shape index (κ1) is 19.3. The minimum atomic E-state index is -0.792. The Morgan fingerprint density at radius 1 is 1.28 bits per heavy atom. The zero-order valence-electron chi connectivity index (χ0n) is 13.3. The highest BCUT2D eigenvalue weighted by atomic mass is 35.5. The molecule has 0 atom stereocenters. The molecule has 0 fully saturated rings. The lowest BCUT2D eigenvalue weighted by atomic mass is 10.1. The molecule has 0 spiro atoms. The fraction of sp³-hybridized carbons (Fsp3) is 0.267. The number of halogens is 3. The summed E-state index contributed by atoms with van der Waals surface area (Å²) in [6.07, 6.45) is -0.792. The molecular formula is C15H13Cl3N4O3. The predicted molar refractivity (Wildman–Crippen MR) is 94.9 cm³/mol. The van der Waals surface area contributed by atoms with Gasteiger partial charge in [0.2, 0.25) is 5.82 Å². The molecular weight excluding hydrogens is 391 g/mol. The topological polar surface area (TPSA) is 91.2 Å². The average molecular weight is 404 g/mol. The van der Waals surface area contributed by atoms with E-state index in [1.807, 2.05) is 6.07 Å². The number of hydrogen-bond acceptors (Lipinski definition) is 5. The Kier molecular flexibility index (Phi) is 6.51. The Labute approximate surface area is 158 Å². The van der Waals surface area contributed by atoms with Crippen LogP contribution in [0, 0.1) is 11.3 Å². The van der Waals surface area contributed by atoms with Crippen LogP contribution in [0.15, 0.2) is 12.1 Å². The van der Waals surface area contributed by atoms with Crippen molar-refractivity contribution < 1.29 is 14.4 Å². The monoisotopic (exact) mass is 402 g/mol. The number of carbonyl (C=O) groups excluding carboxylic acids is 1. The molecule has 7 nitrogen and oxygen atoms in total. The van der Waals surface area contributed by atoms with Gasteiger partial charge >= 0.3 is 6.09 Å². The Balaban J connectivity index is 2.57. The van der Waals surface area contributed by atoms with E-state index in [1.54, 1.807) is 26.0 Å². The Morgan fingerprint density at radius 2 is 2.00 bits per heavy atom. The maximum atomic E-state index is 12.1. The summed E-state index contributed by atoms with van der Waals surface area (Å²) < 4.78 is 4.92. The average Bonchev–Trinajstić information content (AvgIpc) is 3.01. The molecule has 0 saturated heterocycles. The summed E-state index contributed by atoms with van der Waals surface area (Å²) in [6, 6.07) is 5.11. The van der Waals surface area contributed by atoms with Crippen LogP contribution in [-0.4, -0.2) is 29.5 Å². The van der Waals surface area contributed by atoms with Crippen molar-refractivity contribution in [3.63, 3.8) is 0 Å². The van der Waals surface area contributed by atoms with Crippen molar-refractivity contribution in [2.45, 2.75) is 13.8 Å². The number of aromatic nitrogens is 2. The number of H-pyrrole nitrogens is 1. The van der Waals surface area contributed by atoms with E-state index >= 15 is 0 Å². The zero-order valence-corrected chi connectivity index (χ0v) is 15.5. The third kappa shape index (κ3) is 3.83. The van der Waals surface area contributed by atoms with E-state index in [2.05, 4.69) is 10.2 Å². The molecule has 1 aromatic carbocycles. The number of aromatic amines is 1. The van der Waals surface area contributed by atoms with Gasteiger partial charge in [-0.3, -0.25) is 9.94 Å². The smallest absolute Gasteiger partial charge is 0.440 e. The third-order valence-electron chi connectivity index (χ3n) is 3.05. The van der Waals surface area contributed by atoms with Crippen LogP contribution in [-0.2, 0) is 9.57 Å². The summed E-state index contributed by atoms with van der Waals surface area (Å²) in [5, 5.41) is 17.6. The molecule has 0 aliphatic heterocycles. The number of amides is 1. The van der Waals surface area contributed by atoms with E-state index in [0.29, 0.717) is 5.56 Å². The van der Waals surface area contributed by atoms with Crippen LogP contribution in [0.25, 0.3) is 11.3 Å². The first-order valence-corrected chi connectivity index (χ1v) is 8.31. The standard InChI is InChI=1S/C15H13Cl3N4O3/c1-3-24-15(23)22(25-4-2)14-9(7-19)13(20-21-14)8-5-6-10(16)12(18)11(8)17/h5-6H,3-4H2,1-2H3,(H,20,21). The number of anilines is 1. The van der Waals surface area contributed by atoms with Gasteiger partial charge in [0.05, 0.1) is 34.0 Å². The Bertz CT molecular complexity index is 832. The second-order valence-electron chi connectivity index (χ2n) is 4.54. The van der Waals surface area contributed by atoms with Gasteiger partial charge in [-0.25, -0.2) is 4.79 Å². The summed E-state index contributed by atoms with van der Waals surface area (Å²) in [5.74, 6) is -0.0417. The molecule has 1 aromatic heterocycles. The highest BCUT2D eigenvalue weighted by molar-refractivity contribution is 6.49. The number of rotatable bonds is 5. The van der Waals surface area contributed by atoms with Gasteiger partial charge in [-0.1, -0.05) is 34.8 Å². The molecule has 0 unspecified atom stereocenters. The Hall–Kier alpha value is -1.98. The second-order valence-corrected chi connectivity index (χ2v) is 5.71. The summed E-state index contributed by atoms with van der Waals surface area (Å²) in [7, 11) is 0. The van der Waals surface area contributed by atoms with Gasteiger partial charge in [-0.05, 0) is 26.0 Å². The van der Waals surface area contributed by atoms with Gasteiger partial charge in [-0.2, -0.15) is 10.4 Å². The first-order valence-electron chi connectivity index (χ1n) is 7.18. The van der Waals surface area contributed by atoms with Gasteiger partial charge in [0, 0.05) is 5.56 Å². The fourth-order valence-electron chi connectivity index (χ4n) is 2.01. The summed E-state index contributed by atoms with van der Waals surface area (Å²) >= 11 is 18.2. The minimum Gasteiger partial charge on any atom is -0.448 e. The molecule has 0 aliphatic carbocycles. The van der Waals surface area contributed by atoms with Crippen molar-refractivity contribution >= 4 is 46.7 Å². The fourth-order valence-corrected chi connectivity index (χ4v) is 2.64. The molecule has 1 amide bonds. The van der Waals surface area contributed by atoms with Crippen molar-refractivity contribution in [3.05, 3.63) is 32.8 Å². The number of carbonyl (C=O) groups is 1. The molecule has 0 aliphatic rings. The number of nitrogens with one attached hydrogen (secondary N) is 1. The Morgan fingerprint density at radius 3 is 2.60 bits per heavy atom. The molecule has 2 rings (SSSR count). The van der Waals surface area contributed by atoms with Gasteiger partial charge < -0.3 is 4.74 Å². The summed E-state index contributed by atoms with van der Waals surface area (Å²) in [5.41, 5.74) is 0.725. The number of nitrogens with zero attached hydrogens (tertiary/aromatic N) is 3. The maximum absolute atomic E-state index is 12.1. The van der Waals surface area contributed by atoms with Crippen molar-refractivity contribution in [2.24, 2.45) is 0 Å². The number of hydrogen-bond donors (Lipinski definition) is 1. The lowest BCUT2D eigenvalue weighted by Crippen LogP contribution is -2.32. The van der Waals surface area contributed by atoms with Gasteiger partial charge in [0.25, 0.3) is 0 Å². The second kappa shape index (κ2) is 8.41. The van der Waals surface area contributed by atoms with E-state index in [9.17, 15) is 10.1 Å². The highest BCUT2D eigenvalue weighted by Crippen LogP contribution is 2.39. The number of hydroxylamine groups is 1. The highest BCUT2D eigenvalue weighted by Gasteiger charge is 2.28. The van der Waals surface area contributed by atoms with Crippen LogP contribution >= 0.6 is 34.8 Å². The molecule has 0 saturated carbocycles. The molecule has 132 valence electrons. The van der Waals surface area contributed by atoms with Crippen molar-refractivity contribution in [1.29, 1.82) is 5.26 Å². The molecule has 0 radical (unpaired) electrons. The summed E-state index contributed by atoms with van der Waals surface area (Å²) in [4.78, 5) is 17.3. The van der Waals surface area contributed by atoms with Crippen molar-refractivity contribution in [1.82, 2.24) is 10.2 Å². The molecule has 10 heteroatoms. The van der Waals surface area contributed by atoms with Crippen LogP contribution in [0.4, 0.5) is 10.6 Å². The number of nitriles is 1. The van der Waals surface area contributed by atoms with Gasteiger partial charge in [0.1, 0.15) is 11.6 Å². The summed E-state index contributed by atoms with van der Waals surface area (Å²) in [6.45, 7) is 3.64. The van der Waals surface area contributed by atoms with Crippen LogP contribution in [0.2, 0.25) is 15.1 Å². The first-order chi connectivity index (χ1) is 12.0. The molecule has 1 heterocycles. The predicted octanol–water partition coefficient (Wildman–Crippen LogP) is 4.82. The van der Waals surface area contributed by atoms with E-state index in [-0.39, 0.29) is 45.4 Å². The van der Waals surface area contributed by atoms with Crippen molar-refractivity contribution in [2.75, 3.05) is 18.3 Å². The molecule has 0 bridgehead atoms. The van der Waals surface area contributed by atoms with Gasteiger partial charge in [-0.15, -0.1) is 5.06 Å². The SMILES string of the molecule is CCOC(=O)N(OCC)c1n[nH]c(-c2ccc(Cl)c(Cl)c2Cl)c1C#N. The quantitative estimate of drug-likeness (QED) is 0.570. The molecule has 2 aromatic rings. The van der Waals surface area contributed by atoms with E-state index in [1.165, 1.54) is 0 Å². The minimum absolute atomic E-state index is 0.0417. The lowest BCUT2D eigenvalue weighted by molar-refractivity contribution is 0.0822. The van der Waals surface area contributed by atoms with Crippen LogP contribution in [0.3, 0.4) is 0 Å². The van der Waals surface area contributed by atoms with Crippen LogP contribution < -0.4 is 5.06 Å². The van der Waals surface area contributed by atoms with E-state index in [0.717, 1.165) is 5.06 Å². The maximum Gasteiger partial charge on any atom is 0.440 e. The van der Waals surface area contributed by atoms with Crippen LogP contribution in [0.5, 0.6) is 0 Å². The largest absolute Gasteiger partial charge is 0.448 e. The normalized spacial score (nSPS) is 10.4. The van der Waals surface area contributed by atoms with Gasteiger partial charge in [0.15, 0.2) is 0 Å². The van der Waals surface area contributed by atoms with Crippen molar-refractivity contribution in [3.8, 4) is 17.3 Å². The number of benzene rings is 1. The molecule has 25 heavy (non-hydrogen) atoms. The zero-order chi connectivity index (χ0) is 18.6. The third-order valence-corrected chi connectivity index (χ3v) is 4.34. The van der Waals surface area contributed by atoms with E-state index in [4.69, 9.17) is 44.4 Å². The van der Waals surface area contributed by atoms with Crippen LogP contribution in [0.1, 0.15) is 19.4 Å². The number of ether oxygens (including phenoxy) is 1. The molecule has 1 N–H and O–H groups in total. The van der Waals surface area contributed by atoms with E-state index < -0.39 is 6.09 Å².